The number of rotatable bonds is 3. The van der Waals surface area contributed by atoms with Crippen molar-refractivity contribution in [2.45, 2.75) is 43.9 Å². The molecule has 4 unspecified atom stereocenters. The van der Waals surface area contributed by atoms with E-state index in [1.807, 2.05) is 18.2 Å². The number of benzene rings is 1. The van der Waals surface area contributed by atoms with Crippen molar-refractivity contribution < 1.29 is 9.53 Å². The van der Waals surface area contributed by atoms with E-state index >= 15 is 0 Å². The fourth-order valence-corrected chi connectivity index (χ4v) is 3.83. The van der Waals surface area contributed by atoms with Gasteiger partial charge in [-0.25, -0.2) is 0 Å². The maximum atomic E-state index is 12.3. The quantitative estimate of drug-likeness (QED) is 0.870. The summed E-state index contributed by atoms with van der Waals surface area (Å²) in [6.45, 7) is 0.613. The Morgan fingerprint density at radius 2 is 2.25 bits per heavy atom. The molecule has 0 saturated carbocycles. The maximum absolute atomic E-state index is 12.3. The maximum Gasteiger partial charge on any atom is 0.224 e. The third-order valence-electron chi connectivity index (χ3n) is 4.85. The van der Waals surface area contributed by atoms with Crippen molar-refractivity contribution in [2.24, 2.45) is 5.92 Å². The number of para-hydroxylation sites is 1. The van der Waals surface area contributed by atoms with Gasteiger partial charge >= 0.3 is 0 Å². The van der Waals surface area contributed by atoms with Gasteiger partial charge in [0.1, 0.15) is 11.9 Å². The zero-order chi connectivity index (χ0) is 13.5. The SMILES string of the molecule is O=C(NCC1Cc2ccccc2O1)C1CC2CCC1N2. The second-order valence-electron chi connectivity index (χ2n) is 6.19. The van der Waals surface area contributed by atoms with Crippen LogP contribution in [0.5, 0.6) is 5.75 Å². The summed E-state index contributed by atoms with van der Waals surface area (Å²) >= 11 is 0. The van der Waals surface area contributed by atoms with Gasteiger partial charge in [-0.1, -0.05) is 18.2 Å². The minimum Gasteiger partial charge on any atom is -0.488 e. The number of amides is 1. The van der Waals surface area contributed by atoms with Gasteiger partial charge in [-0.15, -0.1) is 0 Å². The molecular weight excluding hydrogens is 252 g/mol. The highest BCUT2D eigenvalue weighted by molar-refractivity contribution is 5.80. The molecule has 0 aliphatic carbocycles. The van der Waals surface area contributed by atoms with E-state index in [0.717, 1.165) is 25.0 Å². The standard InChI is InChI=1S/C16H20N2O2/c19-16(13-8-11-5-6-14(13)18-11)17-9-12-7-10-3-1-2-4-15(10)20-12/h1-4,11-14,18H,5-9H2,(H,17,19). The molecule has 3 aliphatic heterocycles. The predicted molar refractivity (Wildman–Crippen MR) is 75.6 cm³/mol. The third-order valence-corrected chi connectivity index (χ3v) is 4.85. The number of fused-ring (bicyclic) bond motifs is 3. The second kappa shape index (κ2) is 4.77. The Balaban J connectivity index is 1.30. The Kier molecular flexibility index (Phi) is 2.91. The highest BCUT2D eigenvalue weighted by Crippen LogP contribution is 2.33. The molecule has 2 fully saturated rings. The topological polar surface area (TPSA) is 50.4 Å². The Morgan fingerprint density at radius 1 is 1.35 bits per heavy atom. The molecule has 4 rings (SSSR count). The van der Waals surface area contributed by atoms with Gasteiger partial charge in [0.25, 0.3) is 0 Å². The van der Waals surface area contributed by atoms with Crippen LogP contribution in [0.15, 0.2) is 24.3 Å². The van der Waals surface area contributed by atoms with Crippen LogP contribution in [-0.2, 0) is 11.2 Å². The summed E-state index contributed by atoms with van der Waals surface area (Å²) in [5.74, 6) is 1.33. The number of hydrogen-bond acceptors (Lipinski definition) is 3. The number of hydrogen-bond donors (Lipinski definition) is 2. The number of carbonyl (C=O) groups is 1. The first-order valence-electron chi connectivity index (χ1n) is 7.58. The van der Waals surface area contributed by atoms with Gasteiger partial charge in [0.2, 0.25) is 5.91 Å². The minimum atomic E-state index is 0.0860. The second-order valence-corrected chi connectivity index (χ2v) is 6.19. The average Bonchev–Trinajstić information content (AvgIpc) is 3.18. The molecule has 0 aromatic heterocycles. The van der Waals surface area contributed by atoms with Crippen LogP contribution in [-0.4, -0.2) is 30.6 Å². The van der Waals surface area contributed by atoms with E-state index in [-0.39, 0.29) is 17.9 Å². The molecule has 1 amide bonds. The van der Waals surface area contributed by atoms with Crippen LogP contribution in [0.2, 0.25) is 0 Å². The minimum absolute atomic E-state index is 0.0860. The largest absolute Gasteiger partial charge is 0.488 e. The van der Waals surface area contributed by atoms with Crippen molar-refractivity contribution in [2.75, 3.05) is 6.54 Å². The highest BCUT2D eigenvalue weighted by Gasteiger charge is 2.42. The smallest absolute Gasteiger partial charge is 0.224 e. The van der Waals surface area contributed by atoms with E-state index in [0.29, 0.717) is 18.6 Å². The summed E-state index contributed by atoms with van der Waals surface area (Å²) in [6, 6.07) is 9.09. The van der Waals surface area contributed by atoms with Crippen LogP contribution in [0.1, 0.15) is 24.8 Å². The molecule has 2 bridgehead atoms. The molecule has 0 radical (unpaired) electrons. The molecule has 2 saturated heterocycles. The van der Waals surface area contributed by atoms with Gasteiger partial charge in [0.15, 0.2) is 0 Å². The lowest BCUT2D eigenvalue weighted by molar-refractivity contribution is -0.125. The van der Waals surface area contributed by atoms with E-state index in [9.17, 15) is 4.79 Å². The van der Waals surface area contributed by atoms with Crippen molar-refractivity contribution in [1.29, 1.82) is 0 Å². The van der Waals surface area contributed by atoms with Crippen molar-refractivity contribution in [1.82, 2.24) is 10.6 Å². The van der Waals surface area contributed by atoms with Gasteiger partial charge in [0.05, 0.1) is 12.5 Å². The lowest BCUT2D eigenvalue weighted by Crippen LogP contribution is -2.41. The van der Waals surface area contributed by atoms with E-state index in [2.05, 4.69) is 16.7 Å². The summed E-state index contributed by atoms with van der Waals surface area (Å²) in [5, 5.41) is 6.59. The molecule has 106 valence electrons. The summed E-state index contributed by atoms with van der Waals surface area (Å²) in [5.41, 5.74) is 1.24. The average molecular weight is 272 g/mol. The molecule has 20 heavy (non-hydrogen) atoms. The summed E-state index contributed by atoms with van der Waals surface area (Å²) in [7, 11) is 0. The van der Waals surface area contributed by atoms with Crippen LogP contribution in [0.3, 0.4) is 0 Å². The zero-order valence-electron chi connectivity index (χ0n) is 11.5. The molecule has 1 aromatic rings. The first-order chi connectivity index (χ1) is 9.79. The Morgan fingerprint density at radius 3 is 3.00 bits per heavy atom. The Bertz CT molecular complexity index is 506. The fourth-order valence-electron chi connectivity index (χ4n) is 3.83. The van der Waals surface area contributed by atoms with Crippen molar-refractivity contribution in [3.8, 4) is 5.75 Å². The molecule has 3 aliphatic rings. The normalized spacial score (nSPS) is 33.8. The van der Waals surface area contributed by atoms with Crippen molar-refractivity contribution in [3.63, 3.8) is 0 Å². The highest BCUT2D eigenvalue weighted by atomic mass is 16.5. The van der Waals surface area contributed by atoms with E-state index < -0.39 is 0 Å². The van der Waals surface area contributed by atoms with Gasteiger partial charge in [-0.05, 0) is 30.9 Å². The van der Waals surface area contributed by atoms with E-state index in [4.69, 9.17) is 4.74 Å². The summed E-state index contributed by atoms with van der Waals surface area (Å²) < 4.78 is 5.85. The number of nitrogens with one attached hydrogen (secondary N) is 2. The first kappa shape index (κ1) is 12.2. The molecule has 4 nitrogen and oxygen atoms in total. The molecule has 2 N–H and O–H groups in total. The van der Waals surface area contributed by atoms with Gasteiger partial charge in [-0.3, -0.25) is 4.79 Å². The van der Waals surface area contributed by atoms with E-state index in [1.165, 1.54) is 12.0 Å². The van der Waals surface area contributed by atoms with Crippen LogP contribution in [0.25, 0.3) is 0 Å². The lowest BCUT2D eigenvalue weighted by atomic mass is 9.88. The van der Waals surface area contributed by atoms with Gasteiger partial charge < -0.3 is 15.4 Å². The van der Waals surface area contributed by atoms with Gasteiger partial charge in [0, 0.05) is 18.5 Å². The van der Waals surface area contributed by atoms with E-state index in [1.54, 1.807) is 0 Å². The summed E-state index contributed by atoms with van der Waals surface area (Å²) in [6.07, 6.45) is 4.36. The van der Waals surface area contributed by atoms with Crippen molar-refractivity contribution in [3.05, 3.63) is 29.8 Å². The Hall–Kier alpha value is -1.55. The first-order valence-corrected chi connectivity index (χ1v) is 7.58. The zero-order valence-corrected chi connectivity index (χ0v) is 11.5. The van der Waals surface area contributed by atoms with Crippen molar-refractivity contribution >= 4 is 5.91 Å². The third kappa shape index (κ3) is 2.08. The van der Waals surface area contributed by atoms with Crippen LogP contribution < -0.4 is 15.4 Å². The number of carbonyl (C=O) groups excluding carboxylic acids is 1. The molecule has 4 heteroatoms. The molecular formula is C16H20N2O2. The van der Waals surface area contributed by atoms with Crippen LogP contribution in [0, 0.1) is 5.92 Å². The molecule has 4 atom stereocenters. The van der Waals surface area contributed by atoms with Gasteiger partial charge in [-0.2, -0.15) is 0 Å². The predicted octanol–water partition coefficient (Wildman–Crippen LogP) is 1.25. The molecule has 1 aromatic carbocycles. The van der Waals surface area contributed by atoms with Crippen LogP contribution >= 0.6 is 0 Å². The fraction of sp³-hybridized carbons (Fsp3) is 0.562. The lowest BCUT2D eigenvalue weighted by Gasteiger charge is -2.20. The monoisotopic (exact) mass is 272 g/mol. The molecule has 0 spiro atoms. The Labute approximate surface area is 118 Å². The molecule has 3 heterocycles. The summed E-state index contributed by atoms with van der Waals surface area (Å²) in [4.78, 5) is 12.3. The van der Waals surface area contributed by atoms with Crippen LogP contribution in [0.4, 0.5) is 0 Å². The number of ether oxygens (including phenoxy) is 1.